The third-order valence-electron chi connectivity index (χ3n) is 9.43. The summed E-state index contributed by atoms with van der Waals surface area (Å²) in [4.78, 5) is 12.2. The van der Waals surface area contributed by atoms with E-state index in [1.165, 1.54) is 42.5 Å². The zero-order chi connectivity index (χ0) is 35.4. The molecule has 48 heavy (non-hydrogen) atoms. The third kappa shape index (κ3) is 8.49. The van der Waals surface area contributed by atoms with Gasteiger partial charge in [0.05, 0.1) is 30.5 Å². The first-order valence-electron chi connectivity index (χ1n) is 16.2. The molecule has 0 aromatic carbocycles. The van der Waals surface area contributed by atoms with Crippen molar-refractivity contribution in [2.75, 3.05) is 35.5 Å². The van der Waals surface area contributed by atoms with Crippen LogP contribution in [-0.2, 0) is 66.4 Å². The topological polar surface area (TPSA) is 198 Å². The molecule has 3 N–H and O–H groups in total. The average Bonchev–Trinajstić information content (AvgIpc) is 3.01. The number of carbonyl (C=O) groups is 1. The van der Waals surface area contributed by atoms with Crippen molar-refractivity contribution in [2.45, 2.75) is 158 Å². The van der Waals surface area contributed by atoms with Gasteiger partial charge in [0, 0.05) is 48.9 Å². The van der Waals surface area contributed by atoms with Gasteiger partial charge in [0.1, 0.15) is 54.9 Å². The number of carbonyl (C=O) groups excluding carboxylic acids is 1. The summed E-state index contributed by atoms with van der Waals surface area (Å²) in [7, 11) is 7.21. The van der Waals surface area contributed by atoms with E-state index in [-0.39, 0.29) is 6.42 Å². The van der Waals surface area contributed by atoms with Crippen molar-refractivity contribution in [3.05, 3.63) is 0 Å². The highest BCUT2D eigenvalue weighted by atomic mass is 16.8. The van der Waals surface area contributed by atoms with Crippen molar-refractivity contribution in [3.63, 3.8) is 0 Å². The minimum Gasteiger partial charge on any atom is -0.457 e. The molecular formula is C31H54O17. The molecule has 0 aliphatic carbocycles. The Balaban J connectivity index is 1.59. The van der Waals surface area contributed by atoms with Gasteiger partial charge in [0.15, 0.2) is 31.3 Å². The minimum atomic E-state index is -1.31. The largest absolute Gasteiger partial charge is 0.457 e. The highest BCUT2D eigenvalue weighted by Gasteiger charge is 2.55. The number of esters is 1. The second-order valence-corrected chi connectivity index (χ2v) is 12.6. The quantitative estimate of drug-likeness (QED) is 0.215. The van der Waals surface area contributed by atoms with Crippen molar-refractivity contribution in [2.24, 2.45) is 0 Å². The normalized spacial score (nSPS) is 48.6. The Morgan fingerprint density at radius 2 is 1.02 bits per heavy atom. The van der Waals surface area contributed by atoms with Gasteiger partial charge in [0.25, 0.3) is 0 Å². The summed E-state index contributed by atoms with van der Waals surface area (Å²) in [6.07, 6.45) is -17.3. The van der Waals surface area contributed by atoms with E-state index in [2.05, 4.69) is 0 Å². The second-order valence-electron chi connectivity index (χ2n) is 12.6. The number of hydrogen-bond acceptors (Lipinski definition) is 17. The van der Waals surface area contributed by atoms with E-state index in [0.29, 0.717) is 0 Å². The summed E-state index contributed by atoms with van der Waals surface area (Å²) >= 11 is 0. The molecule has 0 aromatic rings. The van der Waals surface area contributed by atoms with Gasteiger partial charge in [-0.15, -0.1) is 0 Å². The Kier molecular flexibility index (Phi) is 14.4. The molecule has 4 rings (SSSR count). The second kappa shape index (κ2) is 17.4. The predicted octanol–water partition coefficient (Wildman–Crippen LogP) is -0.768. The zero-order valence-electron chi connectivity index (χ0n) is 29.2. The molecule has 1 unspecified atom stereocenters. The SMILES string of the molecule is CO[C@@H]1[C@H](O[C@@H]2[C@@H](O)[C@H](C)O[C@@H](O[C@@H]3[C@@H](OC)[C@H](C)OC(O)[C@@H]3OC)[C@@H]2OC)O[C@@H](C)[C@@H](OC(C)=O)[C@H]1O[C@@H]1C[C@@H](O)[C@H](OC)[C@@H](C)O1. The fraction of sp³-hybridized carbons (Fsp3) is 0.968. The number of hydrogen-bond donors (Lipinski definition) is 3. The first kappa shape index (κ1) is 39.7. The van der Waals surface area contributed by atoms with Crippen LogP contribution in [0.2, 0.25) is 0 Å². The smallest absolute Gasteiger partial charge is 0.303 e. The van der Waals surface area contributed by atoms with Crippen molar-refractivity contribution >= 4 is 5.97 Å². The van der Waals surface area contributed by atoms with Gasteiger partial charge in [-0.1, -0.05) is 0 Å². The predicted molar refractivity (Wildman–Crippen MR) is 160 cm³/mol. The van der Waals surface area contributed by atoms with Gasteiger partial charge in [0.2, 0.25) is 0 Å². The van der Waals surface area contributed by atoms with E-state index in [9.17, 15) is 20.1 Å². The molecule has 0 bridgehead atoms. The van der Waals surface area contributed by atoms with Crippen LogP contribution in [0.4, 0.5) is 0 Å². The lowest BCUT2D eigenvalue weighted by Crippen LogP contribution is -2.67. The van der Waals surface area contributed by atoms with Gasteiger partial charge in [-0.3, -0.25) is 4.79 Å². The molecule has 19 atom stereocenters. The molecular weight excluding hydrogens is 644 g/mol. The van der Waals surface area contributed by atoms with Gasteiger partial charge in [-0.05, 0) is 27.7 Å². The number of rotatable bonds is 12. The molecule has 0 radical (unpaired) electrons. The van der Waals surface area contributed by atoms with Crippen LogP contribution in [0.15, 0.2) is 0 Å². The summed E-state index contributed by atoms with van der Waals surface area (Å²) in [6.45, 7) is 8.09. The Hall–Kier alpha value is -1.13. The summed E-state index contributed by atoms with van der Waals surface area (Å²) in [5, 5.41) is 32.6. The maximum absolute atomic E-state index is 12.2. The van der Waals surface area contributed by atoms with E-state index in [4.69, 9.17) is 61.6 Å². The number of ether oxygens (including phenoxy) is 13. The molecule has 280 valence electrons. The standard InChI is InChI=1S/C31H54O17/c1-12-19(34)23(27(39-9)30(43-12)48-24-21(37-7)14(3)42-29(35)26(24)38-8)47-31-28(40-10)25(22(15(4)44-31)45-16(5)32)46-18-11-17(33)20(36-6)13(2)41-18/h12-15,17-31,33-35H,11H2,1-10H3/t12-,13+,14-,15-,17+,18+,19-,20+,21-,22+,23+,24+,25+,26+,27+,28-,29?,30-,31-/m0/s1. The van der Waals surface area contributed by atoms with E-state index in [0.717, 1.165) is 0 Å². The van der Waals surface area contributed by atoms with Gasteiger partial charge in [-0.25, -0.2) is 0 Å². The van der Waals surface area contributed by atoms with Crippen molar-refractivity contribution in [3.8, 4) is 0 Å². The highest BCUT2D eigenvalue weighted by molar-refractivity contribution is 5.66. The van der Waals surface area contributed by atoms with Gasteiger partial charge in [-0.2, -0.15) is 0 Å². The molecule has 0 amide bonds. The molecule has 4 aliphatic heterocycles. The number of methoxy groups -OCH3 is 5. The van der Waals surface area contributed by atoms with E-state index < -0.39 is 123 Å². The molecule has 0 aromatic heterocycles. The van der Waals surface area contributed by atoms with Crippen LogP contribution in [0.3, 0.4) is 0 Å². The number of aliphatic hydroxyl groups is 3. The first-order valence-corrected chi connectivity index (χ1v) is 16.2. The van der Waals surface area contributed by atoms with Crippen LogP contribution in [0.1, 0.15) is 41.0 Å². The van der Waals surface area contributed by atoms with Crippen molar-refractivity contribution in [1.82, 2.24) is 0 Å². The minimum absolute atomic E-state index is 0.0781. The van der Waals surface area contributed by atoms with Crippen LogP contribution < -0.4 is 0 Å². The monoisotopic (exact) mass is 698 g/mol. The summed E-state index contributed by atoms with van der Waals surface area (Å²) < 4.78 is 76.8. The fourth-order valence-electron chi connectivity index (χ4n) is 7.00. The number of aliphatic hydroxyl groups excluding tert-OH is 3. The maximum Gasteiger partial charge on any atom is 0.303 e. The van der Waals surface area contributed by atoms with E-state index in [1.807, 2.05) is 0 Å². The van der Waals surface area contributed by atoms with Crippen LogP contribution in [-0.4, -0.2) is 174 Å². The molecule has 17 heteroatoms. The summed E-state index contributed by atoms with van der Waals surface area (Å²) in [5.74, 6) is -0.569. The van der Waals surface area contributed by atoms with E-state index >= 15 is 0 Å². The highest BCUT2D eigenvalue weighted by Crippen LogP contribution is 2.37. The lowest BCUT2D eigenvalue weighted by atomic mass is 9.96. The summed E-state index contributed by atoms with van der Waals surface area (Å²) in [5.41, 5.74) is 0. The van der Waals surface area contributed by atoms with Crippen LogP contribution >= 0.6 is 0 Å². The fourth-order valence-corrected chi connectivity index (χ4v) is 7.00. The molecule has 4 aliphatic rings. The van der Waals surface area contributed by atoms with Crippen molar-refractivity contribution < 1.29 is 81.7 Å². The summed E-state index contributed by atoms with van der Waals surface area (Å²) in [6, 6.07) is 0. The van der Waals surface area contributed by atoms with Crippen LogP contribution in [0.5, 0.6) is 0 Å². The molecule has 4 fully saturated rings. The van der Waals surface area contributed by atoms with Crippen molar-refractivity contribution in [1.29, 1.82) is 0 Å². The zero-order valence-corrected chi connectivity index (χ0v) is 29.2. The Morgan fingerprint density at radius 1 is 0.542 bits per heavy atom. The molecule has 17 nitrogen and oxygen atoms in total. The Morgan fingerprint density at radius 3 is 1.56 bits per heavy atom. The third-order valence-corrected chi connectivity index (χ3v) is 9.43. The average molecular weight is 699 g/mol. The lowest BCUT2D eigenvalue weighted by Gasteiger charge is -2.50. The maximum atomic E-state index is 12.2. The van der Waals surface area contributed by atoms with Crippen LogP contribution in [0.25, 0.3) is 0 Å². The first-order chi connectivity index (χ1) is 22.8. The molecule has 4 heterocycles. The van der Waals surface area contributed by atoms with Crippen LogP contribution in [0, 0.1) is 0 Å². The molecule has 0 saturated carbocycles. The Labute approximate surface area is 281 Å². The lowest BCUT2D eigenvalue weighted by molar-refractivity contribution is -0.384. The molecule has 0 spiro atoms. The Bertz CT molecular complexity index is 978. The van der Waals surface area contributed by atoms with Gasteiger partial charge >= 0.3 is 5.97 Å². The van der Waals surface area contributed by atoms with Gasteiger partial charge < -0.3 is 76.9 Å². The van der Waals surface area contributed by atoms with E-state index in [1.54, 1.807) is 27.7 Å². The molecule has 4 saturated heterocycles.